The largest absolute Gasteiger partial charge is 0.348 e. The van der Waals surface area contributed by atoms with E-state index in [9.17, 15) is 4.79 Å². The van der Waals surface area contributed by atoms with E-state index in [0.29, 0.717) is 6.54 Å². The Morgan fingerprint density at radius 2 is 1.91 bits per heavy atom. The van der Waals surface area contributed by atoms with Crippen LogP contribution in [-0.2, 0) is 13.0 Å². The van der Waals surface area contributed by atoms with Crippen LogP contribution in [0.15, 0.2) is 60.9 Å². The van der Waals surface area contributed by atoms with Crippen LogP contribution in [0.3, 0.4) is 0 Å². The fourth-order valence-corrected chi connectivity index (χ4v) is 2.79. The first-order valence-corrected chi connectivity index (χ1v) is 7.28. The van der Waals surface area contributed by atoms with Crippen LogP contribution in [0.2, 0.25) is 0 Å². The summed E-state index contributed by atoms with van der Waals surface area (Å²) in [5, 5.41) is 7.07. The number of fused-ring (bicyclic) bond motifs is 1. The molecule has 1 aliphatic heterocycles. The molecule has 2 aromatic carbocycles. The minimum absolute atomic E-state index is 0.0332. The Bertz CT molecular complexity index is 820. The maximum Gasteiger partial charge on any atom is 0.251 e. The van der Waals surface area contributed by atoms with Crippen molar-refractivity contribution in [3.05, 3.63) is 83.2 Å². The predicted molar refractivity (Wildman–Crippen MR) is 84.0 cm³/mol. The Labute approximate surface area is 128 Å². The van der Waals surface area contributed by atoms with Gasteiger partial charge in [0.25, 0.3) is 5.91 Å². The summed E-state index contributed by atoms with van der Waals surface area (Å²) in [6.07, 6.45) is 4.51. The maximum absolute atomic E-state index is 11.7. The third kappa shape index (κ3) is 2.29. The van der Waals surface area contributed by atoms with Crippen LogP contribution in [0.1, 0.15) is 27.0 Å². The predicted octanol–water partition coefficient (Wildman–Crippen LogP) is 2.71. The Morgan fingerprint density at radius 3 is 2.68 bits per heavy atom. The number of hydrogen-bond acceptors (Lipinski definition) is 2. The normalized spacial score (nSPS) is 13.0. The van der Waals surface area contributed by atoms with Gasteiger partial charge in [-0.05, 0) is 47.4 Å². The monoisotopic (exact) mass is 289 g/mol. The lowest BCUT2D eigenvalue weighted by Crippen LogP contribution is -2.12. The van der Waals surface area contributed by atoms with E-state index in [0.717, 1.165) is 28.8 Å². The van der Waals surface area contributed by atoms with Crippen LogP contribution in [-0.4, -0.2) is 15.7 Å². The Morgan fingerprint density at radius 1 is 1.09 bits per heavy atom. The fraction of sp³-hybridized carbons (Fsp3) is 0.111. The molecular formula is C18H15N3O. The smallest absolute Gasteiger partial charge is 0.251 e. The van der Waals surface area contributed by atoms with Crippen molar-refractivity contribution in [3.8, 4) is 5.69 Å². The highest BCUT2D eigenvalue weighted by molar-refractivity contribution is 5.98. The van der Waals surface area contributed by atoms with Gasteiger partial charge in [0.2, 0.25) is 0 Å². The van der Waals surface area contributed by atoms with E-state index >= 15 is 0 Å². The number of hydrogen-bond donors (Lipinski definition) is 1. The number of nitrogens with zero attached hydrogens (tertiary/aromatic N) is 2. The molecule has 0 atom stereocenters. The van der Waals surface area contributed by atoms with E-state index in [4.69, 9.17) is 0 Å². The molecule has 4 nitrogen and oxygen atoms in total. The van der Waals surface area contributed by atoms with E-state index in [1.165, 1.54) is 5.56 Å². The maximum atomic E-state index is 11.7. The van der Waals surface area contributed by atoms with Gasteiger partial charge in [-0.3, -0.25) is 4.79 Å². The Hall–Kier alpha value is -2.88. The van der Waals surface area contributed by atoms with Gasteiger partial charge in [0.15, 0.2) is 0 Å². The highest BCUT2D eigenvalue weighted by atomic mass is 16.1. The topological polar surface area (TPSA) is 46.9 Å². The van der Waals surface area contributed by atoms with E-state index in [-0.39, 0.29) is 5.91 Å². The van der Waals surface area contributed by atoms with Crippen LogP contribution >= 0.6 is 0 Å². The molecule has 0 saturated carbocycles. The number of carbonyl (C=O) groups is 1. The molecule has 1 aliphatic rings. The zero-order chi connectivity index (χ0) is 14.9. The van der Waals surface area contributed by atoms with Crippen molar-refractivity contribution >= 4 is 5.91 Å². The van der Waals surface area contributed by atoms with E-state index in [1.54, 1.807) is 6.20 Å². The Balaban J connectivity index is 1.56. The number of carbonyl (C=O) groups excluding carboxylic acids is 1. The first-order chi connectivity index (χ1) is 10.8. The molecule has 0 spiro atoms. The highest BCUT2D eigenvalue weighted by Gasteiger charge is 2.18. The summed E-state index contributed by atoms with van der Waals surface area (Å²) in [6, 6.07) is 16.4. The molecule has 2 heterocycles. The molecule has 1 amide bonds. The molecule has 0 unspecified atom stereocenters. The molecule has 0 aliphatic carbocycles. The van der Waals surface area contributed by atoms with Crippen molar-refractivity contribution in [1.29, 1.82) is 0 Å². The third-order valence-corrected chi connectivity index (χ3v) is 3.97. The van der Waals surface area contributed by atoms with Crippen molar-refractivity contribution in [3.63, 3.8) is 0 Å². The zero-order valence-corrected chi connectivity index (χ0v) is 12.0. The summed E-state index contributed by atoms with van der Waals surface area (Å²) in [6.45, 7) is 0.646. The molecule has 108 valence electrons. The quantitative estimate of drug-likeness (QED) is 0.806. The van der Waals surface area contributed by atoms with Crippen LogP contribution in [0.4, 0.5) is 0 Å². The Kier molecular flexibility index (Phi) is 3.00. The van der Waals surface area contributed by atoms with Crippen LogP contribution in [0, 0.1) is 0 Å². The lowest BCUT2D eigenvalue weighted by Gasteiger charge is -2.06. The van der Waals surface area contributed by atoms with Crippen molar-refractivity contribution in [1.82, 2.24) is 15.1 Å². The summed E-state index contributed by atoms with van der Waals surface area (Å²) in [7, 11) is 0. The lowest BCUT2D eigenvalue weighted by atomic mass is 10.0. The number of amides is 1. The van der Waals surface area contributed by atoms with Gasteiger partial charge in [0, 0.05) is 24.5 Å². The average Bonchev–Trinajstić information content (AvgIpc) is 3.19. The van der Waals surface area contributed by atoms with Crippen LogP contribution in [0.5, 0.6) is 0 Å². The second-order valence-electron chi connectivity index (χ2n) is 5.47. The molecule has 3 aromatic rings. The van der Waals surface area contributed by atoms with Crippen molar-refractivity contribution in [2.24, 2.45) is 0 Å². The SMILES string of the molecule is O=C1NCc2ccc(Cc3ccc(-n4cccn4)cc3)cc21. The summed E-state index contributed by atoms with van der Waals surface area (Å²) >= 11 is 0. The minimum Gasteiger partial charge on any atom is -0.348 e. The molecule has 1 aromatic heterocycles. The minimum atomic E-state index is 0.0332. The van der Waals surface area contributed by atoms with Gasteiger partial charge in [-0.1, -0.05) is 24.3 Å². The van der Waals surface area contributed by atoms with Gasteiger partial charge in [-0.25, -0.2) is 4.68 Å². The number of benzene rings is 2. The third-order valence-electron chi connectivity index (χ3n) is 3.97. The van der Waals surface area contributed by atoms with Gasteiger partial charge in [-0.2, -0.15) is 5.10 Å². The van der Waals surface area contributed by atoms with E-state index in [2.05, 4.69) is 40.7 Å². The highest BCUT2D eigenvalue weighted by Crippen LogP contribution is 2.19. The van der Waals surface area contributed by atoms with Crippen LogP contribution in [0.25, 0.3) is 5.69 Å². The second-order valence-corrected chi connectivity index (χ2v) is 5.47. The summed E-state index contributed by atoms with van der Waals surface area (Å²) in [5.74, 6) is 0.0332. The van der Waals surface area contributed by atoms with Crippen molar-refractivity contribution in [2.45, 2.75) is 13.0 Å². The summed E-state index contributed by atoms with van der Waals surface area (Å²) < 4.78 is 1.84. The molecule has 22 heavy (non-hydrogen) atoms. The molecule has 0 saturated heterocycles. The molecule has 0 radical (unpaired) electrons. The molecule has 0 bridgehead atoms. The second kappa shape index (κ2) is 5.15. The molecule has 0 fully saturated rings. The van der Waals surface area contributed by atoms with Crippen molar-refractivity contribution < 1.29 is 4.79 Å². The number of rotatable bonds is 3. The van der Waals surface area contributed by atoms with E-state index < -0.39 is 0 Å². The zero-order valence-electron chi connectivity index (χ0n) is 12.0. The lowest BCUT2D eigenvalue weighted by molar-refractivity contribution is 0.0965. The van der Waals surface area contributed by atoms with Gasteiger partial charge >= 0.3 is 0 Å². The van der Waals surface area contributed by atoms with Gasteiger partial charge < -0.3 is 5.32 Å². The molecule has 4 heteroatoms. The summed E-state index contributed by atoms with van der Waals surface area (Å²) in [4.78, 5) is 11.7. The van der Waals surface area contributed by atoms with E-state index in [1.807, 2.05) is 29.1 Å². The fourth-order valence-electron chi connectivity index (χ4n) is 2.79. The van der Waals surface area contributed by atoms with Gasteiger partial charge in [0.1, 0.15) is 0 Å². The molecular weight excluding hydrogens is 274 g/mol. The van der Waals surface area contributed by atoms with Crippen LogP contribution < -0.4 is 5.32 Å². The van der Waals surface area contributed by atoms with Gasteiger partial charge in [0.05, 0.1) is 5.69 Å². The molecule has 4 rings (SSSR count). The first kappa shape index (κ1) is 12.8. The number of aromatic nitrogens is 2. The average molecular weight is 289 g/mol. The summed E-state index contributed by atoms with van der Waals surface area (Å²) in [5.41, 5.74) is 5.31. The standard InChI is InChI=1S/C18H15N3O/c22-18-17-11-14(2-5-15(17)12-19-18)10-13-3-6-16(7-4-13)21-9-1-8-20-21/h1-9,11H,10,12H2,(H,19,22). The first-order valence-electron chi connectivity index (χ1n) is 7.28. The number of nitrogens with one attached hydrogen (secondary N) is 1. The molecule has 1 N–H and O–H groups in total. The van der Waals surface area contributed by atoms with Gasteiger partial charge in [-0.15, -0.1) is 0 Å². The van der Waals surface area contributed by atoms with Crippen molar-refractivity contribution in [2.75, 3.05) is 0 Å².